The van der Waals surface area contributed by atoms with Crippen molar-refractivity contribution < 1.29 is 9.15 Å². The minimum atomic E-state index is 0.0598. The Hall–Kier alpha value is -2.80. The number of ether oxygens (including phenoxy) is 1. The molecule has 0 aliphatic rings. The molecule has 0 unspecified atom stereocenters. The Morgan fingerprint density at radius 1 is 1.15 bits per heavy atom. The molecule has 4 rings (SSSR count). The van der Waals surface area contributed by atoms with Gasteiger partial charge in [-0.1, -0.05) is 38.2 Å². The topological polar surface area (TPSA) is 86.2 Å². The summed E-state index contributed by atoms with van der Waals surface area (Å²) in [6.07, 6.45) is 0. The van der Waals surface area contributed by atoms with Crippen molar-refractivity contribution >= 4 is 49.5 Å². The lowest BCUT2D eigenvalue weighted by Crippen LogP contribution is -2.10. The van der Waals surface area contributed by atoms with Crippen molar-refractivity contribution in [1.82, 2.24) is 9.97 Å². The zero-order valence-corrected chi connectivity index (χ0v) is 15.9. The summed E-state index contributed by atoms with van der Waals surface area (Å²) >= 11 is 1.47. The minimum absolute atomic E-state index is 0.0598. The molecule has 6 nitrogen and oxygen atoms in total. The van der Waals surface area contributed by atoms with Gasteiger partial charge >= 0.3 is 6.01 Å². The van der Waals surface area contributed by atoms with Crippen molar-refractivity contribution in [2.24, 2.45) is 0 Å². The van der Waals surface area contributed by atoms with Crippen molar-refractivity contribution in [3.63, 3.8) is 0 Å². The van der Waals surface area contributed by atoms with Crippen LogP contribution in [-0.4, -0.2) is 17.1 Å². The number of nitrogens with two attached hydrogens (primary N) is 1. The second-order valence-corrected chi connectivity index (χ2v) is 8.20. The van der Waals surface area contributed by atoms with Crippen LogP contribution in [0.5, 0.6) is 5.75 Å². The molecule has 0 radical (unpaired) electrons. The van der Waals surface area contributed by atoms with E-state index in [1.54, 1.807) is 13.2 Å². The fraction of sp³-hybridized carbons (Fsp3) is 0.263. The zero-order chi connectivity index (χ0) is 18.5. The second kappa shape index (κ2) is 5.88. The van der Waals surface area contributed by atoms with Gasteiger partial charge < -0.3 is 14.9 Å². The molecule has 0 spiro atoms. The van der Waals surface area contributed by atoms with Crippen LogP contribution in [0, 0.1) is 0 Å². The smallest absolute Gasteiger partial charge is 0.302 e. The van der Waals surface area contributed by atoms with E-state index in [0.29, 0.717) is 22.6 Å². The van der Waals surface area contributed by atoms with Crippen LogP contribution in [0.4, 0.5) is 16.8 Å². The molecule has 7 heteroatoms. The van der Waals surface area contributed by atoms with Crippen molar-refractivity contribution in [2.75, 3.05) is 18.2 Å². The normalized spacial score (nSPS) is 12.0. The lowest BCUT2D eigenvalue weighted by Gasteiger charge is -2.18. The van der Waals surface area contributed by atoms with Gasteiger partial charge in [0, 0.05) is 11.8 Å². The summed E-state index contributed by atoms with van der Waals surface area (Å²) in [6.45, 7) is 6.52. The highest BCUT2D eigenvalue weighted by Gasteiger charge is 2.17. The maximum absolute atomic E-state index is 5.91. The summed E-state index contributed by atoms with van der Waals surface area (Å²) in [5.41, 5.74) is 10.1. The first-order chi connectivity index (χ1) is 12.3. The molecule has 2 aromatic carbocycles. The minimum Gasteiger partial charge on any atom is -0.494 e. The van der Waals surface area contributed by atoms with E-state index in [0.717, 1.165) is 21.3 Å². The lowest BCUT2D eigenvalue weighted by molar-refractivity contribution is 0.419. The molecular formula is C19H20N4O2S. The summed E-state index contributed by atoms with van der Waals surface area (Å²) in [5, 5.41) is 3.82. The van der Waals surface area contributed by atoms with Crippen LogP contribution in [0.25, 0.3) is 21.3 Å². The predicted molar refractivity (Wildman–Crippen MR) is 107 cm³/mol. The third-order valence-electron chi connectivity index (χ3n) is 4.17. The van der Waals surface area contributed by atoms with Crippen LogP contribution in [-0.2, 0) is 5.41 Å². The third-order valence-corrected chi connectivity index (χ3v) is 5.09. The van der Waals surface area contributed by atoms with Gasteiger partial charge in [-0.2, -0.15) is 4.98 Å². The van der Waals surface area contributed by atoms with Gasteiger partial charge in [0.25, 0.3) is 0 Å². The SMILES string of the molecule is COc1cc(N)cc2sc(Nc3nc4cc(C(C)(C)C)ccc4o3)nc12. The third kappa shape index (κ3) is 2.94. The number of nitrogen functional groups attached to an aromatic ring is 1. The van der Waals surface area contributed by atoms with Crippen LogP contribution >= 0.6 is 11.3 Å². The first kappa shape index (κ1) is 16.7. The monoisotopic (exact) mass is 368 g/mol. The van der Waals surface area contributed by atoms with Gasteiger partial charge in [0.2, 0.25) is 0 Å². The Labute approximate surface area is 155 Å². The number of thiazole rings is 1. The van der Waals surface area contributed by atoms with Gasteiger partial charge in [0.05, 0.1) is 11.8 Å². The number of nitrogens with one attached hydrogen (secondary N) is 1. The zero-order valence-electron chi connectivity index (χ0n) is 15.1. The summed E-state index contributed by atoms with van der Waals surface area (Å²) in [4.78, 5) is 9.12. The summed E-state index contributed by atoms with van der Waals surface area (Å²) in [7, 11) is 1.61. The summed E-state index contributed by atoms with van der Waals surface area (Å²) in [5.74, 6) is 0.650. The Morgan fingerprint density at radius 3 is 2.69 bits per heavy atom. The molecule has 0 saturated heterocycles. The number of hydrogen-bond donors (Lipinski definition) is 2. The van der Waals surface area contributed by atoms with Gasteiger partial charge in [0.1, 0.15) is 16.8 Å². The Bertz CT molecular complexity index is 1110. The largest absolute Gasteiger partial charge is 0.494 e. The average Bonchev–Trinajstić information content (AvgIpc) is 3.15. The van der Waals surface area contributed by atoms with E-state index in [1.165, 1.54) is 16.9 Å². The molecule has 2 aromatic heterocycles. The predicted octanol–water partition coefficient (Wildman–Crippen LogP) is 5.07. The molecule has 2 heterocycles. The molecule has 3 N–H and O–H groups in total. The fourth-order valence-corrected chi connectivity index (χ4v) is 3.69. The van der Waals surface area contributed by atoms with E-state index in [-0.39, 0.29) is 5.41 Å². The first-order valence-electron chi connectivity index (χ1n) is 8.25. The standard InChI is InChI=1S/C19H20N4O2S/c1-19(2,3)10-5-6-13-12(7-10)21-17(25-13)23-18-22-16-14(24-4)8-11(20)9-15(16)26-18/h5-9H,20H2,1-4H3,(H,21,22,23). The number of fused-ring (bicyclic) bond motifs is 2. The van der Waals surface area contributed by atoms with Gasteiger partial charge in [-0.3, -0.25) is 5.32 Å². The Balaban J connectivity index is 1.70. The van der Waals surface area contributed by atoms with E-state index in [9.17, 15) is 0 Å². The van der Waals surface area contributed by atoms with Crippen LogP contribution in [0.15, 0.2) is 34.7 Å². The lowest BCUT2D eigenvalue weighted by atomic mass is 9.87. The quantitative estimate of drug-likeness (QED) is 0.491. The maximum atomic E-state index is 5.91. The number of hydrogen-bond acceptors (Lipinski definition) is 7. The average molecular weight is 368 g/mol. The number of oxazole rings is 1. The van der Waals surface area contributed by atoms with E-state index in [1.807, 2.05) is 12.1 Å². The van der Waals surface area contributed by atoms with Crippen LogP contribution in [0.3, 0.4) is 0 Å². The molecule has 4 aromatic rings. The Kier molecular flexibility index (Phi) is 3.77. The van der Waals surface area contributed by atoms with Gasteiger partial charge in [-0.05, 0) is 29.2 Å². The van der Waals surface area contributed by atoms with E-state index in [4.69, 9.17) is 14.9 Å². The summed E-state index contributed by atoms with van der Waals surface area (Å²) < 4.78 is 12.1. The van der Waals surface area contributed by atoms with E-state index in [2.05, 4.69) is 48.2 Å². The molecule has 0 amide bonds. The number of nitrogens with zero attached hydrogens (tertiary/aromatic N) is 2. The van der Waals surface area contributed by atoms with Gasteiger partial charge in [-0.15, -0.1) is 0 Å². The molecule has 134 valence electrons. The molecular weight excluding hydrogens is 348 g/mol. The van der Waals surface area contributed by atoms with Crippen LogP contribution in [0.2, 0.25) is 0 Å². The highest BCUT2D eigenvalue weighted by Crippen LogP contribution is 2.36. The number of methoxy groups -OCH3 is 1. The van der Waals surface area contributed by atoms with Crippen molar-refractivity contribution in [2.45, 2.75) is 26.2 Å². The molecule has 0 aliphatic carbocycles. The molecule has 0 fully saturated rings. The molecule has 0 atom stereocenters. The fourth-order valence-electron chi connectivity index (χ4n) is 2.77. The highest BCUT2D eigenvalue weighted by atomic mass is 32.1. The first-order valence-corrected chi connectivity index (χ1v) is 9.07. The van der Waals surface area contributed by atoms with Crippen molar-refractivity contribution in [3.8, 4) is 5.75 Å². The maximum Gasteiger partial charge on any atom is 0.302 e. The highest BCUT2D eigenvalue weighted by molar-refractivity contribution is 7.22. The van der Waals surface area contributed by atoms with Crippen molar-refractivity contribution in [3.05, 3.63) is 35.9 Å². The second-order valence-electron chi connectivity index (χ2n) is 7.17. The number of rotatable bonds is 3. The Morgan fingerprint density at radius 2 is 1.96 bits per heavy atom. The number of aromatic nitrogens is 2. The summed E-state index contributed by atoms with van der Waals surface area (Å²) in [6, 6.07) is 10.1. The van der Waals surface area contributed by atoms with Crippen LogP contribution < -0.4 is 15.8 Å². The van der Waals surface area contributed by atoms with E-state index >= 15 is 0 Å². The van der Waals surface area contributed by atoms with Crippen molar-refractivity contribution in [1.29, 1.82) is 0 Å². The van der Waals surface area contributed by atoms with Gasteiger partial charge in [-0.25, -0.2) is 4.98 Å². The molecule has 0 aliphatic heterocycles. The van der Waals surface area contributed by atoms with E-state index < -0.39 is 0 Å². The van der Waals surface area contributed by atoms with Gasteiger partial charge in [0.15, 0.2) is 10.7 Å². The molecule has 0 bridgehead atoms. The van der Waals surface area contributed by atoms with Crippen LogP contribution in [0.1, 0.15) is 26.3 Å². The number of benzene rings is 2. The molecule has 26 heavy (non-hydrogen) atoms. The number of anilines is 3. The molecule has 0 saturated carbocycles.